The average molecular weight is 283 g/mol. The molecule has 0 saturated carbocycles. The van der Waals surface area contributed by atoms with Crippen LogP contribution in [0.1, 0.15) is 24.9 Å². The number of allylic oxidation sites excluding steroid dienone is 3. The number of benzene rings is 1. The van der Waals surface area contributed by atoms with Gasteiger partial charge in [-0.05, 0) is 18.9 Å². The number of rotatable bonds is 3. The standard InChI is InChI=1S/C17H21N3O/c1-12(13-8-4-2-5-9-13)18-17(21)16-14-10-6-3-7-11-15(14)19-20-16/h2-9,11-12,14-16,19-20H,10H2,1H3,(H,18,21)/t12-,14?,15?,16?/m1/s1. The molecule has 0 radical (unpaired) electrons. The zero-order valence-corrected chi connectivity index (χ0v) is 12.1. The fourth-order valence-electron chi connectivity index (χ4n) is 2.97. The molecule has 1 fully saturated rings. The molecule has 110 valence electrons. The van der Waals surface area contributed by atoms with E-state index in [-0.39, 0.29) is 30.0 Å². The van der Waals surface area contributed by atoms with E-state index in [1.165, 1.54) is 0 Å². The van der Waals surface area contributed by atoms with E-state index in [1.807, 2.05) is 49.4 Å². The predicted octanol–water partition coefficient (Wildman–Crippen LogP) is 1.84. The van der Waals surface area contributed by atoms with Gasteiger partial charge >= 0.3 is 0 Å². The van der Waals surface area contributed by atoms with E-state index < -0.39 is 0 Å². The Balaban J connectivity index is 1.66. The Labute approximate surface area is 125 Å². The molecular weight excluding hydrogens is 262 g/mol. The molecule has 3 unspecified atom stereocenters. The monoisotopic (exact) mass is 283 g/mol. The van der Waals surface area contributed by atoms with Crippen molar-refractivity contribution in [1.82, 2.24) is 16.2 Å². The Hall–Kier alpha value is -1.91. The van der Waals surface area contributed by atoms with Crippen LogP contribution >= 0.6 is 0 Å². The van der Waals surface area contributed by atoms with Crippen molar-refractivity contribution in [2.75, 3.05) is 0 Å². The van der Waals surface area contributed by atoms with Gasteiger partial charge in [0.15, 0.2) is 0 Å². The highest BCUT2D eigenvalue weighted by atomic mass is 16.2. The van der Waals surface area contributed by atoms with Crippen LogP contribution in [0.4, 0.5) is 0 Å². The zero-order chi connectivity index (χ0) is 14.7. The van der Waals surface area contributed by atoms with Crippen LogP contribution in [0.25, 0.3) is 0 Å². The van der Waals surface area contributed by atoms with Crippen LogP contribution in [-0.4, -0.2) is 18.0 Å². The van der Waals surface area contributed by atoms with E-state index in [4.69, 9.17) is 0 Å². The number of amides is 1. The van der Waals surface area contributed by atoms with Gasteiger partial charge in [0.25, 0.3) is 0 Å². The van der Waals surface area contributed by atoms with Gasteiger partial charge < -0.3 is 5.32 Å². The van der Waals surface area contributed by atoms with Gasteiger partial charge in [-0.2, -0.15) is 0 Å². The van der Waals surface area contributed by atoms with Crippen molar-refractivity contribution in [3.63, 3.8) is 0 Å². The van der Waals surface area contributed by atoms with Gasteiger partial charge in [-0.15, -0.1) is 0 Å². The van der Waals surface area contributed by atoms with Gasteiger partial charge in [0, 0.05) is 12.0 Å². The van der Waals surface area contributed by atoms with E-state index in [0.29, 0.717) is 0 Å². The van der Waals surface area contributed by atoms with Crippen molar-refractivity contribution in [2.45, 2.75) is 31.5 Å². The molecule has 0 spiro atoms. The molecule has 1 aromatic carbocycles. The van der Waals surface area contributed by atoms with E-state index in [1.54, 1.807) is 0 Å². The molecule has 3 N–H and O–H groups in total. The quantitative estimate of drug-likeness (QED) is 0.793. The molecule has 1 aromatic rings. The lowest BCUT2D eigenvalue weighted by Crippen LogP contribution is -2.46. The molecule has 0 bridgehead atoms. The molecule has 1 saturated heterocycles. The maximum Gasteiger partial charge on any atom is 0.239 e. The van der Waals surface area contributed by atoms with Crippen molar-refractivity contribution in [2.24, 2.45) is 5.92 Å². The minimum Gasteiger partial charge on any atom is -0.348 e. The van der Waals surface area contributed by atoms with Crippen LogP contribution in [0.15, 0.2) is 54.6 Å². The van der Waals surface area contributed by atoms with Crippen LogP contribution in [0.3, 0.4) is 0 Å². The zero-order valence-electron chi connectivity index (χ0n) is 12.1. The number of hydrogen-bond acceptors (Lipinski definition) is 3. The fourth-order valence-corrected chi connectivity index (χ4v) is 2.97. The first-order valence-corrected chi connectivity index (χ1v) is 7.45. The highest BCUT2D eigenvalue weighted by molar-refractivity contribution is 5.83. The first-order chi connectivity index (χ1) is 10.3. The van der Waals surface area contributed by atoms with E-state index in [0.717, 1.165) is 12.0 Å². The minimum absolute atomic E-state index is 0.0106. The van der Waals surface area contributed by atoms with Gasteiger partial charge in [0.2, 0.25) is 5.91 Å². The lowest BCUT2D eigenvalue weighted by atomic mass is 9.91. The lowest BCUT2D eigenvalue weighted by Gasteiger charge is -2.21. The maximum absolute atomic E-state index is 12.5. The summed E-state index contributed by atoms with van der Waals surface area (Å²) >= 11 is 0. The summed E-state index contributed by atoms with van der Waals surface area (Å²) in [7, 11) is 0. The Bertz CT molecular complexity index is 552. The number of fused-ring (bicyclic) bond motifs is 1. The minimum atomic E-state index is -0.200. The second kappa shape index (κ2) is 6.24. The number of hydrogen-bond donors (Lipinski definition) is 3. The predicted molar refractivity (Wildman–Crippen MR) is 83.2 cm³/mol. The fraction of sp³-hybridized carbons (Fsp3) is 0.353. The second-order valence-electron chi connectivity index (χ2n) is 5.65. The van der Waals surface area contributed by atoms with Gasteiger partial charge in [-0.1, -0.05) is 54.6 Å². The van der Waals surface area contributed by atoms with Gasteiger partial charge in [0.05, 0.1) is 6.04 Å². The van der Waals surface area contributed by atoms with Crippen LogP contribution < -0.4 is 16.2 Å². The molecule has 0 aromatic heterocycles. The second-order valence-corrected chi connectivity index (χ2v) is 5.65. The summed E-state index contributed by atoms with van der Waals surface area (Å²) in [5.74, 6) is 0.304. The molecule has 1 amide bonds. The molecule has 4 atom stereocenters. The molecule has 4 heteroatoms. The molecule has 2 aliphatic rings. The highest BCUT2D eigenvalue weighted by Crippen LogP contribution is 2.23. The molecule has 1 aliphatic carbocycles. The smallest absolute Gasteiger partial charge is 0.239 e. The van der Waals surface area contributed by atoms with E-state index >= 15 is 0 Å². The highest BCUT2D eigenvalue weighted by Gasteiger charge is 2.38. The lowest BCUT2D eigenvalue weighted by molar-refractivity contribution is -0.124. The summed E-state index contributed by atoms with van der Waals surface area (Å²) < 4.78 is 0. The molecule has 1 heterocycles. The summed E-state index contributed by atoms with van der Waals surface area (Å²) in [6, 6.07) is 10.0. The Morgan fingerprint density at radius 1 is 1.24 bits per heavy atom. The van der Waals surface area contributed by atoms with E-state index in [2.05, 4.69) is 28.3 Å². The molecular formula is C17H21N3O. The molecule has 3 rings (SSSR count). The Morgan fingerprint density at radius 2 is 2.05 bits per heavy atom. The molecule has 1 aliphatic heterocycles. The third-order valence-corrected chi connectivity index (χ3v) is 4.21. The summed E-state index contributed by atoms with van der Waals surface area (Å²) in [6.45, 7) is 2.01. The first kappa shape index (κ1) is 14.0. The number of carbonyl (C=O) groups is 1. The number of carbonyl (C=O) groups excluding carboxylic acids is 1. The van der Waals surface area contributed by atoms with Crippen LogP contribution in [0.2, 0.25) is 0 Å². The van der Waals surface area contributed by atoms with Crippen molar-refractivity contribution < 1.29 is 4.79 Å². The van der Waals surface area contributed by atoms with Crippen molar-refractivity contribution in [3.05, 3.63) is 60.2 Å². The molecule has 21 heavy (non-hydrogen) atoms. The summed E-state index contributed by atoms with van der Waals surface area (Å²) in [5.41, 5.74) is 7.46. The van der Waals surface area contributed by atoms with Crippen molar-refractivity contribution >= 4 is 5.91 Å². The van der Waals surface area contributed by atoms with E-state index in [9.17, 15) is 4.79 Å². The largest absolute Gasteiger partial charge is 0.348 e. The molecule has 4 nitrogen and oxygen atoms in total. The number of nitrogens with one attached hydrogen (secondary N) is 3. The SMILES string of the molecule is C[C@@H](NC(=O)C1NNC2C=CC=CCC21)c1ccccc1. The number of hydrazine groups is 1. The summed E-state index contributed by atoms with van der Waals surface area (Å²) in [4.78, 5) is 12.5. The third kappa shape index (κ3) is 3.06. The summed E-state index contributed by atoms with van der Waals surface area (Å²) in [6.07, 6.45) is 9.20. The van der Waals surface area contributed by atoms with Crippen LogP contribution in [-0.2, 0) is 4.79 Å². The van der Waals surface area contributed by atoms with Crippen LogP contribution in [0.5, 0.6) is 0 Å². The van der Waals surface area contributed by atoms with Crippen molar-refractivity contribution in [3.8, 4) is 0 Å². The topological polar surface area (TPSA) is 53.2 Å². The van der Waals surface area contributed by atoms with Crippen molar-refractivity contribution in [1.29, 1.82) is 0 Å². The van der Waals surface area contributed by atoms with Gasteiger partial charge in [-0.25, -0.2) is 10.9 Å². The van der Waals surface area contributed by atoms with Gasteiger partial charge in [-0.3, -0.25) is 4.79 Å². The normalized spacial score (nSPS) is 28.7. The van der Waals surface area contributed by atoms with Gasteiger partial charge in [0.1, 0.15) is 6.04 Å². The Morgan fingerprint density at radius 3 is 2.86 bits per heavy atom. The Kier molecular flexibility index (Phi) is 4.18. The average Bonchev–Trinajstić information content (AvgIpc) is 2.77. The maximum atomic E-state index is 12.5. The third-order valence-electron chi connectivity index (χ3n) is 4.21. The summed E-state index contributed by atoms with van der Waals surface area (Å²) in [5, 5.41) is 3.10. The van der Waals surface area contributed by atoms with Crippen LogP contribution in [0, 0.1) is 5.92 Å². The first-order valence-electron chi connectivity index (χ1n) is 7.45.